The molecule has 2 aromatic rings. The molecule has 0 aliphatic carbocycles. The first-order chi connectivity index (χ1) is 11.5. The molecule has 6 heteroatoms. The molecule has 0 bridgehead atoms. The minimum absolute atomic E-state index is 0.199. The summed E-state index contributed by atoms with van der Waals surface area (Å²) in [4.78, 5) is 25.8. The highest BCUT2D eigenvalue weighted by atomic mass is 16.2. The number of carbonyl (C=O) groups is 1. The van der Waals surface area contributed by atoms with Gasteiger partial charge < -0.3 is 4.90 Å². The molecule has 0 aliphatic rings. The van der Waals surface area contributed by atoms with Gasteiger partial charge in [-0.1, -0.05) is 25.5 Å². The molecular weight excluding hydrogens is 304 g/mol. The van der Waals surface area contributed by atoms with E-state index in [2.05, 4.69) is 11.2 Å². The van der Waals surface area contributed by atoms with Gasteiger partial charge in [0.05, 0.1) is 11.6 Å². The molecule has 124 valence electrons. The summed E-state index contributed by atoms with van der Waals surface area (Å²) >= 11 is 0. The Bertz CT molecular complexity index is 803. The van der Waals surface area contributed by atoms with Crippen LogP contribution in [0.25, 0.3) is 0 Å². The van der Waals surface area contributed by atoms with E-state index in [1.165, 1.54) is 16.8 Å². The third kappa shape index (κ3) is 4.29. The van der Waals surface area contributed by atoms with Crippen molar-refractivity contribution < 1.29 is 4.79 Å². The zero-order chi connectivity index (χ0) is 17.5. The number of hydrogen-bond donors (Lipinski definition) is 0. The van der Waals surface area contributed by atoms with Crippen LogP contribution in [0.2, 0.25) is 0 Å². The minimum atomic E-state index is -0.246. The van der Waals surface area contributed by atoms with Gasteiger partial charge in [0, 0.05) is 26.2 Å². The molecule has 0 atom stereocenters. The number of unbranched alkanes of at least 4 members (excludes halogenated alkanes) is 1. The maximum absolute atomic E-state index is 12.5. The van der Waals surface area contributed by atoms with E-state index >= 15 is 0 Å². The highest BCUT2D eigenvalue weighted by Gasteiger charge is 2.15. The number of aryl methyl sites for hydroxylation is 1. The van der Waals surface area contributed by atoms with Gasteiger partial charge in [-0.2, -0.15) is 10.4 Å². The van der Waals surface area contributed by atoms with Crippen LogP contribution in [0, 0.1) is 11.3 Å². The van der Waals surface area contributed by atoms with Crippen LogP contribution in [0.3, 0.4) is 0 Å². The molecule has 0 aliphatic heterocycles. The molecule has 0 fully saturated rings. The van der Waals surface area contributed by atoms with Crippen molar-refractivity contribution in [1.29, 1.82) is 5.26 Å². The van der Waals surface area contributed by atoms with Gasteiger partial charge in [-0.05, 0) is 30.2 Å². The van der Waals surface area contributed by atoms with Crippen molar-refractivity contribution in [2.24, 2.45) is 0 Å². The van der Waals surface area contributed by atoms with Gasteiger partial charge in [0.15, 0.2) is 0 Å². The molecule has 1 aromatic heterocycles. The highest BCUT2D eigenvalue weighted by Crippen LogP contribution is 2.08. The lowest BCUT2D eigenvalue weighted by Gasteiger charge is -2.17. The average molecular weight is 324 g/mol. The Morgan fingerprint density at radius 2 is 1.96 bits per heavy atom. The highest BCUT2D eigenvalue weighted by molar-refractivity contribution is 5.91. The number of amides is 1. The van der Waals surface area contributed by atoms with Gasteiger partial charge in [-0.25, -0.2) is 4.68 Å². The third-order valence-electron chi connectivity index (χ3n) is 3.66. The van der Waals surface area contributed by atoms with Gasteiger partial charge in [-0.3, -0.25) is 9.59 Å². The molecule has 6 nitrogen and oxygen atoms in total. The van der Waals surface area contributed by atoms with Crippen molar-refractivity contribution in [3.8, 4) is 6.07 Å². The fourth-order valence-corrected chi connectivity index (χ4v) is 2.26. The van der Waals surface area contributed by atoms with Gasteiger partial charge in [0.1, 0.15) is 5.69 Å². The lowest BCUT2D eigenvalue weighted by atomic mass is 10.1. The second-order valence-corrected chi connectivity index (χ2v) is 5.60. The largest absolute Gasteiger partial charge is 0.336 e. The predicted octanol–water partition coefficient (Wildman–Crippen LogP) is 2.19. The Kier molecular flexibility index (Phi) is 5.85. The summed E-state index contributed by atoms with van der Waals surface area (Å²) in [7, 11) is 1.68. The van der Waals surface area contributed by atoms with Gasteiger partial charge in [0.25, 0.3) is 11.5 Å². The normalized spacial score (nSPS) is 10.2. The first-order valence-corrected chi connectivity index (χ1v) is 7.88. The summed E-state index contributed by atoms with van der Waals surface area (Å²) in [6.07, 6.45) is 1.79. The Morgan fingerprint density at radius 3 is 2.58 bits per heavy atom. The lowest BCUT2D eigenvalue weighted by Crippen LogP contribution is -2.31. The molecule has 2 rings (SSSR count). The molecule has 0 saturated carbocycles. The minimum Gasteiger partial charge on any atom is -0.336 e. The smallest absolute Gasteiger partial charge is 0.274 e. The zero-order valence-corrected chi connectivity index (χ0v) is 13.9. The maximum atomic E-state index is 12.5. The van der Waals surface area contributed by atoms with Crippen LogP contribution >= 0.6 is 0 Å². The number of aromatic nitrogens is 2. The quantitative estimate of drug-likeness (QED) is 0.816. The fraction of sp³-hybridized carbons (Fsp3) is 0.333. The third-order valence-corrected chi connectivity index (χ3v) is 3.66. The van der Waals surface area contributed by atoms with Crippen molar-refractivity contribution in [3.05, 3.63) is 63.6 Å². The average Bonchev–Trinajstić information content (AvgIpc) is 2.61. The van der Waals surface area contributed by atoms with E-state index in [1.807, 2.05) is 19.1 Å². The van der Waals surface area contributed by atoms with Gasteiger partial charge >= 0.3 is 0 Å². The van der Waals surface area contributed by atoms with E-state index in [1.54, 1.807) is 24.1 Å². The summed E-state index contributed by atoms with van der Waals surface area (Å²) in [5.41, 5.74) is 1.55. The number of rotatable bonds is 6. The number of nitriles is 1. The molecule has 0 N–H and O–H groups in total. The Hall–Kier alpha value is -2.94. The maximum Gasteiger partial charge on any atom is 0.274 e. The molecule has 1 aromatic carbocycles. The SMILES string of the molecule is CCCCn1nc(C(=O)N(C)Cc2ccc(C#N)cc2)ccc1=O. The van der Waals surface area contributed by atoms with Crippen LogP contribution in [0.5, 0.6) is 0 Å². The van der Waals surface area contributed by atoms with E-state index in [9.17, 15) is 9.59 Å². The summed E-state index contributed by atoms with van der Waals surface area (Å²) in [5.74, 6) is -0.246. The lowest BCUT2D eigenvalue weighted by molar-refractivity contribution is 0.0776. The Labute approximate surface area is 141 Å². The first kappa shape index (κ1) is 17.4. The molecule has 24 heavy (non-hydrogen) atoms. The van der Waals surface area contributed by atoms with Crippen molar-refractivity contribution >= 4 is 5.91 Å². The summed E-state index contributed by atoms with van der Waals surface area (Å²) in [6.45, 7) is 2.95. The van der Waals surface area contributed by atoms with Gasteiger partial charge in [-0.15, -0.1) is 0 Å². The van der Waals surface area contributed by atoms with Gasteiger partial charge in [0.2, 0.25) is 0 Å². The van der Waals surface area contributed by atoms with Crippen LogP contribution in [0.1, 0.15) is 41.4 Å². The first-order valence-electron chi connectivity index (χ1n) is 7.88. The van der Waals surface area contributed by atoms with Crippen LogP contribution in [0.15, 0.2) is 41.2 Å². The summed E-state index contributed by atoms with van der Waals surface area (Å²) < 4.78 is 1.34. The number of benzene rings is 1. The van der Waals surface area contributed by atoms with Crippen LogP contribution in [0.4, 0.5) is 0 Å². The molecule has 1 amide bonds. The van der Waals surface area contributed by atoms with Crippen molar-refractivity contribution in [2.75, 3.05) is 7.05 Å². The van der Waals surface area contributed by atoms with E-state index < -0.39 is 0 Å². The molecule has 0 saturated heterocycles. The number of carbonyl (C=O) groups excluding carboxylic acids is 1. The number of hydrogen-bond acceptors (Lipinski definition) is 4. The standard InChI is InChI=1S/C18H20N4O2/c1-3-4-11-22-17(23)10-9-16(20-22)18(24)21(2)13-15-7-5-14(12-19)6-8-15/h5-10H,3-4,11,13H2,1-2H3. The van der Waals surface area contributed by atoms with Crippen LogP contribution in [-0.4, -0.2) is 27.6 Å². The van der Waals surface area contributed by atoms with Crippen LogP contribution < -0.4 is 5.56 Å². The predicted molar refractivity (Wildman–Crippen MR) is 90.4 cm³/mol. The molecule has 0 spiro atoms. The van der Waals surface area contributed by atoms with Crippen molar-refractivity contribution in [1.82, 2.24) is 14.7 Å². The second kappa shape index (κ2) is 8.06. The summed E-state index contributed by atoms with van der Waals surface area (Å²) in [5, 5.41) is 13.0. The second-order valence-electron chi connectivity index (χ2n) is 5.60. The fourth-order valence-electron chi connectivity index (χ4n) is 2.26. The monoisotopic (exact) mass is 324 g/mol. The van der Waals surface area contributed by atoms with E-state index in [-0.39, 0.29) is 17.2 Å². The Balaban J connectivity index is 2.12. The topological polar surface area (TPSA) is 79.0 Å². The van der Waals surface area contributed by atoms with Crippen molar-refractivity contribution in [2.45, 2.75) is 32.9 Å². The van der Waals surface area contributed by atoms with Crippen molar-refractivity contribution in [3.63, 3.8) is 0 Å². The van der Waals surface area contributed by atoms with E-state index in [0.29, 0.717) is 18.7 Å². The van der Waals surface area contributed by atoms with E-state index in [0.717, 1.165) is 18.4 Å². The Morgan fingerprint density at radius 1 is 1.25 bits per heavy atom. The molecule has 0 unspecified atom stereocenters. The summed E-state index contributed by atoms with van der Waals surface area (Å²) in [6, 6.07) is 12.0. The molecule has 1 heterocycles. The van der Waals surface area contributed by atoms with E-state index in [4.69, 9.17) is 5.26 Å². The molecular formula is C18H20N4O2. The molecule has 0 radical (unpaired) electrons. The number of nitrogens with zero attached hydrogens (tertiary/aromatic N) is 4. The van der Waals surface area contributed by atoms with Crippen LogP contribution in [-0.2, 0) is 13.1 Å². The zero-order valence-electron chi connectivity index (χ0n) is 13.9.